The lowest BCUT2D eigenvalue weighted by Gasteiger charge is -2.01. The molecule has 0 aliphatic rings. The van der Waals surface area contributed by atoms with E-state index in [0.29, 0.717) is 21.3 Å². The van der Waals surface area contributed by atoms with Gasteiger partial charge in [-0.1, -0.05) is 29.8 Å². The number of amides is 1. The van der Waals surface area contributed by atoms with Crippen molar-refractivity contribution in [3.05, 3.63) is 86.2 Å². The molecule has 4 rings (SSSR count). The maximum Gasteiger partial charge on any atom is 0.271 e. The second-order valence-electron chi connectivity index (χ2n) is 5.98. The summed E-state index contributed by atoms with van der Waals surface area (Å²) >= 11 is 5.84. The molecular formula is C20H15ClN4O2. The maximum absolute atomic E-state index is 12.3. The fraction of sp³-hybridized carbons (Fsp3) is 0. The minimum atomic E-state index is -0.360. The molecule has 4 N–H and O–H groups in total. The highest BCUT2D eigenvalue weighted by Crippen LogP contribution is 2.17. The first-order valence-electron chi connectivity index (χ1n) is 8.23. The molecule has 0 saturated carbocycles. The van der Waals surface area contributed by atoms with Gasteiger partial charge >= 0.3 is 0 Å². The second kappa shape index (κ2) is 7.01. The van der Waals surface area contributed by atoms with Crippen LogP contribution in [0.15, 0.2) is 59.5 Å². The minimum Gasteiger partial charge on any atom is -0.361 e. The number of hydrogen-bond acceptors (Lipinski definition) is 2. The summed E-state index contributed by atoms with van der Waals surface area (Å²) in [5.41, 5.74) is 2.15. The number of H-pyrrole nitrogens is 3. The van der Waals surface area contributed by atoms with E-state index in [2.05, 4.69) is 20.5 Å². The molecule has 2 heterocycles. The molecule has 6 nitrogen and oxygen atoms in total. The van der Waals surface area contributed by atoms with Crippen molar-refractivity contribution < 1.29 is 4.79 Å². The van der Waals surface area contributed by atoms with Gasteiger partial charge in [-0.25, -0.2) is 0 Å². The summed E-state index contributed by atoms with van der Waals surface area (Å²) in [6, 6.07) is 14.6. The molecule has 0 aliphatic heterocycles. The zero-order valence-corrected chi connectivity index (χ0v) is 14.8. The Morgan fingerprint density at radius 1 is 1.04 bits per heavy atom. The number of carbonyl (C=O) groups is 1. The van der Waals surface area contributed by atoms with Gasteiger partial charge < -0.3 is 10.3 Å². The van der Waals surface area contributed by atoms with Crippen molar-refractivity contribution in [3.63, 3.8) is 0 Å². The predicted octanol–water partition coefficient (Wildman–Crippen LogP) is 2.09. The molecule has 0 spiro atoms. The molecule has 27 heavy (non-hydrogen) atoms. The summed E-state index contributed by atoms with van der Waals surface area (Å²) in [4.78, 5) is 27.6. The maximum atomic E-state index is 12.3. The third kappa shape index (κ3) is 3.56. The molecule has 134 valence electrons. The van der Waals surface area contributed by atoms with Gasteiger partial charge in [0.1, 0.15) is 0 Å². The highest BCUT2D eigenvalue weighted by molar-refractivity contribution is 6.30. The number of nitrogens with one attached hydrogen (secondary N) is 4. The topological polar surface area (TPSA) is 93.5 Å². The molecule has 0 bridgehead atoms. The van der Waals surface area contributed by atoms with Crippen LogP contribution in [0.3, 0.4) is 0 Å². The Labute approximate surface area is 158 Å². The van der Waals surface area contributed by atoms with E-state index in [-0.39, 0.29) is 11.5 Å². The highest BCUT2D eigenvalue weighted by atomic mass is 35.5. The van der Waals surface area contributed by atoms with Crippen LogP contribution in [-0.4, -0.2) is 21.1 Å². The smallest absolute Gasteiger partial charge is 0.271 e. The van der Waals surface area contributed by atoms with Crippen LogP contribution >= 0.6 is 11.6 Å². The van der Waals surface area contributed by atoms with Gasteiger partial charge in [0.05, 0.1) is 10.6 Å². The van der Waals surface area contributed by atoms with Crippen molar-refractivity contribution in [2.45, 2.75) is 0 Å². The van der Waals surface area contributed by atoms with E-state index in [0.717, 1.165) is 16.5 Å². The van der Waals surface area contributed by atoms with E-state index in [4.69, 9.17) is 11.6 Å². The average molecular weight is 379 g/mol. The number of aromatic amines is 3. The van der Waals surface area contributed by atoms with E-state index in [9.17, 15) is 9.59 Å². The van der Waals surface area contributed by atoms with Gasteiger partial charge in [0.2, 0.25) is 0 Å². The Morgan fingerprint density at radius 2 is 1.81 bits per heavy atom. The molecule has 0 aliphatic carbocycles. The summed E-state index contributed by atoms with van der Waals surface area (Å²) < 4.78 is 0. The molecule has 0 radical (unpaired) electrons. The molecule has 0 fully saturated rings. The molecule has 0 unspecified atom stereocenters. The molecule has 4 aromatic rings. The average Bonchev–Trinajstić information content (AvgIpc) is 3.22. The van der Waals surface area contributed by atoms with Crippen molar-refractivity contribution in [2.75, 3.05) is 5.32 Å². The van der Waals surface area contributed by atoms with Gasteiger partial charge in [-0.2, -0.15) is 0 Å². The van der Waals surface area contributed by atoms with E-state index in [1.807, 2.05) is 30.5 Å². The quantitative estimate of drug-likeness (QED) is 0.439. The van der Waals surface area contributed by atoms with Crippen LogP contribution in [0.5, 0.6) is 0 Å². The minimum absolute atomic E-state index is 0.300. The Bertz CT molecular complexity index is 1300. The first-order valence-corrected chi connectivity index (χ1v) is 8.61. The van der Waals surface area contributed by atoms with Crippen LogP contribution in [0.1, 0.15) is 5.56 Å². The zero-order valence-electron chi connectivity index (χ0n) is 14.0. The lowest BCUT2D eigenvalue weighted by molar-refractivity contribution is -0.110. The fourth-order valence-corrected chi connectivity index (χ4v) is 2.98. The lowest BCUT2D eigenvalue weighted by atomic mass is 10.1. The SMILES string of the molecule is O=C(C=c1[nH][nH]c(=O)c1=Cc1c[nH]c2ccccc12)Nc1ccc(Cl)cc1. The molecular weight excluding hydrogens is 364 g/mol. The Morgan fingerprint density at radius 3 is 2.63 bits per heavy atom. The van der Waals surface area contributed by atoms with Crippen LogP contribution < -0.4 is 21.4 Å². The number of hydrogen-bond donors (Lipinski definition) is 4. The molecule has 0 atom stereocenters. The zero-order chi connectivity index (χ0) is 18.8. The summed E-state index contributed by atoms with van der Waals surface area (Å²) in [6.45, 7) is 0. The molecule has 1 amide bonds. The third-order valence-electron chi connectivity index (χ3n) is 4.15. The van der Waals surface area contributed by atoms with Gasteiger partial charge in [0.25, 0.3) is 11.5 Å². The van der Waals surface area contributed by atoms with Gasteiger partial charge in [0.15, 0.2) is 0 Å². The van der Waals surface area contributed by atoms with Gasteiger partial charge in [-0.05, 0) is 36.4 Å². The monoisotopic (exact) mass is 378 g/mol. The first-order chi connectivity index (χ1) is 13.1. The van der Waals surface area contributed by atoms with E-state index < -0.39 is 0 Å². The van der Waals surface area contributed by atoms with Crippen molar-refractivity contribution in [3.8, 4) is 0 Å². The standard InChI is InChI=1S/C20H15ClN4O2/c21-13-5-7-14(8-6-13)23-19(26)10-18-16(20(27)25-24-18)9-12-11-22-17-4-2-1-3-15(12)17/h1-11,22,24H,(H,23,26)(H,25,27). The van der Waals surface area contributed by atoms with Crippen molar-refractivity contribution in [1.82, 2.24) is 15.2 Å². The van der Waals surface area contributed by atoms with Gasteiger partial charge in [-0.3, -0.25) is 19.8 Å². The van der Waals surface area contributed by atoms with Crippen LogP contribution in [0, 0.1) is 0 Å². The third-order valence-corrected chi connectivity index (χ3v) is 4.41. The largest absolute Gasteiger partial charge is 0.361 e. The Hall–Kier alpha value is -3.51. The summed E-state index contributed by atoms with van der Waals surface area (Å²) in [5.74, 6) is -0.360. The number of benzene rings is 2. The summed E-state index contributed by atoms with van der Waals surface area (Å²) in [5, 5.41) is 10.4. The number of anilines is 1. The van der Waals surface area contributed by atoms with Crippen molar-refractivity contribution in [1.29, 1.82) is 0 Å². The Balaban J connectivity index is 1.73. The molecule has 2 aromatic heterocycles. The van der Waals surface area contributed by atoms with Crippen molar-refractivity contribution >= 4 is 46.3 Å². The van der Waals surface area contributed by atoms with E-state index >= 15 is 0 Å². The van der Waals surface area contributed by atoms with Crippen LogP contribution in [0.4, 0.5) is 5.69 Å². The van der Waals surface area contributed by atoms with Crippen LogP contribution in [-0.2, 0) is 4.79 Å². The van der Waals surface area contributed by atoms with E-state index in [1.54, 1.807) is 30.3 Å². The molecule has 2 aromatic carbocycles. The van der Waals surface area contributed by atoms with Gasteiger partial charge in [0, 0.05) is 39.4 Å². The van der Waals surface area contributed by atoms with Crippen molar-refractivity contribution in [2.24, 2.45) is 0 Å². The normalized spacial score (nSPS) is 12.6. The predicted molar refractivity (Wildman–Crippen MR) is 107 cm³/mol. The number of halogens is 1. The number of para-hydroxylation sites is 1. The number of rotatable bonds is 3. The fourth-order valence-electron chi connectivity index (χ4n) is 2.85. The second-order valence-corrected chi connectivity index (χ2v) is 6.42. The highest BCUT2D eigenvalue weighted by Gasteiger charge is 2.04. The molecule has 7 heteroatoms. The Kier molecular flexibility index (Phi) is 4.40. The number of fused-ring (bicyclic) bond motifs is 1. The van der Waals surface area contributed by atoms with Crippen LogP contribution in [0.2, 0.25) is 5.02 Å². The van der Waals surface area contributed by atoms with Crippen LogP contribution in [0.25, 0.3) is 23.1 Å². The first kappa shape index (κ1) is 16.9. The number of aromatic nitrogens is 3. The van der Waals surface area contributed by atoms with E-state index in [1.165, 1.54) is 6.08 Å². The summed E-state index contributed by atoms with van der Waals surface area (Å²) in [6.07, 6.45) is 4.91. The number of carbonyl (C=O) groups excluding carboxylic acids is 1. The lowest BCUT2D eigenvalue weighted by Crippen LogP contribution is -2.34. The summed E-state index contributed by atoms with van der Waals surface area (Å²) in [7, 11) is 0. The molecule has 0 saturated heterocycles. The van der Waals surface area contributed by atoms with Gasteiger partial charge in [-0.15, -0.1) is 0 Å².